The van der Waals surface area contributed by atoms with Crippen molar-refractivity contribution in [3.8, 4) is 0 Å². The molecule has 0 saturated carbocycles. The van der Waals surface area contributed by atoms with Crippen molar-refractivity contribution in [3.63, 3.8) is 0 Å². The molecule has 202 valence electrons. The minimum absolute atomic E-state index is 0.00332. The third-order valence-electron chi connectivity index (χ3n) is 7.67. The number of urea groups is 1. The Bertz CT molecular complexity index is 1680. The van der Waals surface area contributed by atoms with Gasteiger partial charge in [-0.15, -0.1) is 0 Å². The van der Waals surface area contributed by atoms with Crippen LogP contribution in [0.25, 0.3) is 10.8 Å². The van der Waals surface area contributed by atoms with Gasteiger partial charge in [-0.1, -0.05) is 84.4 Å². The van der Waals surface area contributed by atoms with Crippen LogP contribution in [0, 0.1) is 0 Å². The second kappa shape index (κ2) is 9.41. The van der Waals surface area contributed by atoms with Crippen LogP contribution in [0.2, 0.25) is 5.02 Å². The molecule has 5 nitrogen and oxygen atoms in total. The molecule has 0 spiro atoms. The van der Waals surface area contributed by atoms with Crippen LogP contribution in [0.5, 0.6) is 0 Å². The van der Waals surface area contributed by atoms with Crippen molar-refractivity contribution in [1.82, 2.24) is 4.90 Å². The second-order valence-corrected chi connectivity index (χ2v) is 10.2. The fraction of sp³-hybridized carbons (Fsp3) is 0.161. The molecule has 40 heavy (non-hydrogen) atoms. The zero-order valence-electron chi connectivity index (χ0n) is 21.2. The lowest BCUT2D eigenvalue weighted by atomic mass is 9.70. The molecule has 2 aliphatic rings. The van der Waals surface area contributed by atoms with Crippen molar-refractivity contribution in [3.05, 3.63) is 124 Å². The molecule has 0 fully saturated rings. The molecule has 0 radical (unpaired) electrons. The van der Waals surface area contributed by atoms with Crippen LogP contribution in [0.1, 0.15) is 22.6 Å². The van der Waals surface area contributed by atoms with Crippen LogP contribution in [-0.4, -0.2) is 30.2 Å². The molecule has 0 saturated heterocycles. The molecule has 4 aromatic rings. The van der Waals surface area contributed by atoms with Gasteiger partial charge in [0.2, 0.25) is 0 Å². The number of anilines is 1. The molecular formula is C31H22ClF3N2O3. The van der Waals surface area contributed by atoms with Crippen molar-refractivity contribution >= 4 is 40.1 Å². The summed E-state index contributed by atoms with van der Waals surface area (Å²) in [6.07, 6.45) is -4.03. The fourth-order valence-electron chi connectivity index (χ4n) is 6.01. The van der Waals surface area contributed by atoms with E-state index in [9.17, 15) is 9.59 Å². The number of methoxy groups -OCH3 is 1. The van der Waals surface area contributed by atoms with E-state index in [1.165, 1.54) is 35.2 Å². The van der Waals surface area contributed by atoms with E-state index in [1.807, 2.05) is 42.5 Å². The number of hydrogen-bond donors (Lipinski definition) is 0. The lowest BCUT2D eigenvalue weighted by molar-refractivity contribution is -0.223. The molecule has 0 bridgehead atoms. The third kappa shape index (κ3) is 3.70. The van der Waals surface area contributed by atoms with Crippen LogP contribution in [0.15, 0.2) is 103 Å². The topological polar surface area (TPSA) is 49.9 Å². The molecule has 2 aliphatic heterocycles. The lowest BCUT2D eigenvalue weighted by Gasteiger charge is -2.50. The number of esters is 1. The Kier molecular flexibility index (Phi) is 6.11. The Labute approximate surface area is 233 Å². The van der Waals surface area contributed by atoms with Gasteiger partial charge in [-0.3, -0.25) is 9.80 Å². The highest BCUT2D eigenvalue weighted by atomic mass is 35.5. The second-order valence-electron chi connectivity index (χ2n) is 9.72. The first-order chi connectivity index (χ1) is 19.2. The molecular weight excluding hydrogens is 541 g/mol. The fourth-order valence-corrected chi connectivity index (χ4v) is 6.19. The molecule has 0 N–H and O–H groups in total. The molecule has 6 rings (SSSR count). The summed E-state index contributed by atoms with van der Waals surface area (Å²) in [4.78, 5) is 29.1. The van der Waals surface area contributed by atoms with Crippen molar-refractivity contribution < 1.29 is 27.5 Å². The number of fused-ring (bicyclic) bond motifs is 4. The van der Waals surface area contributed by atoms with Crippen LogP contribution in [0.3, 0.4) is 0 Å². The number of hydrogen-bond acceptors (Lipinski definition) is 3. The number of benzene rings is 4. The number of ether oxygens (including phenoxy) is 1. The van der Waals surface area contributed by atoms with Gasteiger partial charge >= 0.3 is 18.2 Å². The van der Waals surface area contributed by atoms with Gasteiger partial charge in [-0.2, -0.15) is 13.2 Å². The van der Waals surface area contributed by atoms with Crippen LogP contribution in [0.4, 0.5) is 23.7 Å². The Morgan fingerprint density at radius 2 is 1.68 bits per heavy atom. The SMILES string of the molecule is COC(=O)C1=CN2C(=O)N(Cc3cccc4ccccc34)c3ccc(Cl)cc3[C@]2(C(F)(F)F)[C@@H]1c1ccccc1. The highest BCUT2D eigenvalue weighted by molar-refractivity contribution is 6.30. The minimum atomic E-state index is -5.01. The average Bonchev–Trinajstić information content (AvgIpc) is 3.33. The maximum absolute atomic E-state index is 15.7. The third-order valence-corrected chi connectivity index (χ3v) is 7.90. The summed E-state index contributed by atoms with van der Waals surface area (Å²) in [5, 5.41) is 1.87. The Hall–Kier alpha value is -4.30. The first kappa shape index (κ1) is 26.0. The van der Waals surface area contributed by atoms with Crippen LogP contribution in [-0.2, 0) is 21.6 Å². The quantitative estimate of drug-likeness (QED) is 0.241. The molecule has 2 atom stereocenters. The summed E-state index contributed by atoms with van der Waals surface area (Å²) in [5.41, 5.74) is -2.42. The maximum Gasteiger partial charge on any atom is 0.417 e. The molecule has 0 aliphatic carbocycles. The Morgan fingerprint density at radius 3 is 2.40 bits per heavy atom. The van der Waals surface area contributed by atoms with E-state index in [2.05, 4.69) is 0 Å². The largest absolute Gasteiger partial charge is 0.466 e. The van der Waals surface area contributed by atoms with Gasteiger partial charge in [-0.05, 0) is 40.1 Å². The standard InChI is InChI=1S/C31H22ClF3N2O3/c1-40-28(38)24-18-37-29(39)36(17-21-12-7-11-19-8-5-6-13-23(19)21)26-15-14-22(32)16-25(26)30(37,31(33,34)35)27(24)20-9-3-2-4-10-20/h2-16,18,27H,17H2,1H3/t27-,30-/m1/s1. The monoisotopic (exact) mass is 562 g/mol. The highest BCUT2D eigenvalue weighted by Gasteiger charge is 2.72. The van der Waals surface area contributed by atoms with E-state index in [0.717, 1.165) is 29.6 Å². The summed E-state index contributed by atoms with van der Waals surface area (Å²) in [5.74, 6) is -2.55. The summed E-state index contributed by atoms with van der Waals surface area (Å²) in [6, 6.07) is 24.3. The first-order valence-electron chi connectivity index (χ1n) is 12.5. The van der Waals surface area contributed by atoms with E-state index < -0.39 is 29.6 Å². The summed E-state index contributed by atoms with van der Waals surface area (Å²) in [6.45, 7) is -0.00332. The van der Waals surface area contributed by atoms with Crippen LogP contribution >= 0.6 is 11.6 Å². The maximum atomic E-state index is 15.7. The number of carbonyl (C=O) groups is 2. The number of carbonyl (C=O) groups excluding carboxylic acids is 2. The summed E-state index contributed by atoms with van der Waals surface area (Å²) < 4.78 is 51.9. The van der Waals surface area contributed by atoms with E-state index in [4.69, 9.17) is 16.3 Å². The normalized spacial score (nSPS) is 20.3. The van der Waals surface area contributed by atoms with E-state index in [-0.39, 0.29) is 34.0 Å². The van der Waals surface area contributed by atoms with Crippen molar-refractivity contribution in [1.29, 1.82) is 0 Å². The Balaban J connectivity index is 1.63. The molecule has 0 unspecified atom stereocenters. The number of halogens is 4. The zero-order chi connectivity index (χ0) is 28.2. The Morgan fingerprint density at radius 1 is 0.975 bits per heavy atom. The van der Waals surface area contributed by atoms with E-state index in [1.54, 1.807) is 18.2 Å². The predicted molar refractivity (Wildman–Crippen MR) is 146 cm³/mol. The van der Waals surface area contributed by atoms with Gasteiger partial charge in [0.05, 0.1) is 30.8 Å². The average molecular weight is 563 g/mol. The summed E-state index contributed by atoms with van der Waals surface area (Å²) >= 11 is 6.32. The molecule has 2 amide bonds. The molecule has 2 heterocycles. The highest BCUT2D eigenvalue weighted by Crippen LogP contribution is 2.63. The number of rotatable bonds is 4. The van der Waals surface area contributed by atoms with Gasteiger partial charge in [0.1, 0.15) is 0 Å². The number of amides is 2. The summed E-state index contributed by atoms with van der Waals surface area (Å²) in [7, 11) is 1.10. The minimum Gasteiger partial charge on any atom is -0.466 e. The molecule has 4 aromatic carbocycles. The van der Waals surface area contributed by atoms with Crippen molar-refractivity contribution in [2.75, 3.05) is 12.0 Å². The number of alkyl halides is 3. The lowest BCUT2D eigenvalue weighted by Crippen LogP contribution is -2.63. The predicted octanol–water partition coefficient (Wildman–Crippen LogP) is 7.55. The molecule has 0 aromatic heterocycles. The van der Waals surface area contributed by atoms with Gasteiger partial charge in [0.15, 0.2) is 5.54 Å². The smallest absolute Gasteiger partial charge is 0.417 e. The van der Waals surface area contributed by atoms with E-state index in [0.29, 0.717) is 4.90 Å². The number of nitrogens with zero attached hydrogens (tertiary/aromatic N) is 2. The van der Waals surface area contributed by atoms with Gasteiger partial charge in [-0.25, -0.2) is 9.59 Å². The zero-order valence-corrected chi connectivity index (χ0v) is 21.9. The van der Waals surface area contributed by atoms with Gasteiger partial charge < -0.3 is 4.74 Å². The van der Waals surface area contributed by atoms with E-state index >= 15 is 13.2 Å². The van der Waals surface area contributed by atoms with Gasteiger partial charge in [0.25, 0.3) is 0 Å². The van der Waals surface area contributed by atoms with Crippen LogP contribution < -0.4 is 4.90 Å². The van der Waals surface area contributed by atoms with Gasteiger partial charge in [0, 0.05) is 16.8 Å². The molecule has 9 heteroatoms. The van der Waals surface area contributed by atoms with Crippen molar-refractivity contribution in [2.24, 2.45) is 0 Å². The van der Waals surface area contributed by atoms with Crippen molar-refractivity contribution in [2.45, 2.75) is 24.2 Å². The first-order valence-corrected chi connectivity index (χ1v) is 12.9.